The summed E-state index contributed by atoms with van der Waals surface area (Å²) in [7, 11) is 0. The Morgan fingerprint density at radius 1 is 1.82 bits per heavy atom. The third kappa shape index (κ3) is 1.62. The van der Waals surface area contributed by atoms with Crippen LogP contribution in [0, 0.1) is 5.92 Å². The topological polar surface area (TPSA) is 78.6 Å². The standard InChI is InChI=1S/C5H6INO4/c6-11-2-1-10-5(9)3(2)4(7)8/h2-3H,1H2,(H2,7,8). The predicted octanol–water partition coefficient (Wildman–Crippen LogP) is -0.620. The molecule has 1 saturated heterocycles. The smallest absolute Gasteiger partial charge is 0.321 e. The minimum atomic E-state index is -0.938. The Balaban J connectivity index is 2.71. The summed E-state index contributed by atoms with van der Waals surface area (Å²) < 4.78 is 9.34. The van der Waals surface area contributed by atoms with E-state index in [1.165, 1.54) is 0 Å². The third-order valence-electron chi connectivity index (χ3n) is 1.44. The predicted molar refractivity (Wildman–Crippen MR) is 42.5 cm³/mol. The highest BCUT2D eigenvalue weighted by molar-refractivity contribution is 14.1. The molecule has 1 fully saturated rings. The van der Waals surface area contributed by atoms with Crippen LogP contribution in [0.4, 0.5) is 0 Å². The molecule has 1 aliphatic rings. The highest BCUT2D eigenvalue weighted by Crippen LogP contribution is 2.19. The number of hydrogen-bond acceptors (Lipinski definition) is 4. The molecule has 2 atom stereocenters. The van der Waals surface area contributed by atoms with Crippen molar-refractivity contribution >= 4 is 34.9 Å². The van der Waals surface area contributed by atoms with Gasteiger partial charge in [0.1, 0.15) is 35.7 Å². The second kappa shape index (κ2) is 3.35. The Morgan fingerprint density at radius 2 is 2.45 bits per heavy atom. The minimum Gasteiger partial charge on any atom is -0.462 e. The van der Waals surface area contributed by atoms with Crippen molar-refractivity contribution in [2.24, 2.45) is 11.7 Å². The second-order valence-corrected chi connectivity index (χ2v) is 2.65. The average Bonchev–Trinajstić information content (AvgIpc) is 2.30. The molecule has 11 heavy (non-hydrogen) atoms. The van der Waals surface area contributed by atoms with Gasteiger partial charge in [0.15, 0.2) is 5.92 Å². The Bertz CT molecular complexity index is 195. The van der Waals surface area contributed by atoms with E-state index in [4.69, 9.17) is 8.80 Å². The molecule has 0 spiro atoms. The van der Waals surface area contributed by atoms with Crippen molar-refractivity contribution in [1.82, 2.24) is 0 Å². The first kappa shape index (κ1) is 8.72. The summed E-state index contributed by atoms with van der Waals surface area (Å²) in [6, 6.07) is 0. The normalized spacial score (nSPS) is 30.1. The van der Waals surface area contributed by atoms with E-state index in [0.717, 1.165) is 0 Å². The lowest BCUT2D eigenvalue weighted by Crippen LogP contribution is -2.34. The van der Waals surface area contributed by atoms with Crippen LogP contribution in [-0.4, -0.2) is 24.6 Å². The van der Waals surface area contributed by atoms with Crippen molar-refractivity contribution in [3.8, 4) is 0 Å². The molecule has 0 aromatic rings. The molecule has 1 aliphatic heterocycles. The van der Waals surface area contributed by atoms with Gasteiger partial charge in [0.25, 0.3) is 0 Å². The zero-order valence-corrected chi connectivity index (χ0v) is 7.61. The van der Waals surface area contributed by atoms with Gasteiger partial charge in [0.2, 0.25) is 5.91 Å². The molecule has 0 bridgehead atoms. The van der Waals surface area contributed by atoms with E-state index in [1.807, 2.05) is 0 Å². The van der Waals surface area contributed by atoms with E-state index in [-0.39, 0.29) is 6.61 Å². The molecule has 62 valence electrons. The summed E-state index contributed by atoms with van der Waals surface area (Å²) in [5.74, 6) is -2.24. The fraction of sp³-hybridized carbons (Fsp3) is 0.600. The van der Waals surface area contributed by atoms with Gasteiger partial charge < -0.3 is 13.5 Å². The van der Waals surface area contributed by atoms with Crippen LogP contribution in [-0.2, 0) is 17.4 Å². The molecule has 0 saturated carbocycles. The quantitative estimate of drug-likeness (QED) is 0.412. The van der Waals surface area contributed by atoms with Crippen LogP contribution in [0.3, 0.4) is 0 Å². The maximum absolute atomic E-state index is 10.8. The number of esters is 1. The number of nitrogens with two attached hydrogens (primary N) is 1. The van der Waals surface area contributed by atoms with Crippen LogP contribution >= 0.6 is 23.0 Å². The van der Waals surface area contributed by atoms with Crippen molar-refractivity contribution in [2.45, 2.75) is 6.10 Å². The van der Waals surface area contributed by atoms with E-state index < -0.39 is 23.9 Å². The van der Waals surface area contributed by atoms with Crippen LogP contribution in [0.15, 0.2) is 0 Å². The number of cyclic esters (lactones) is 1. The van der Waals surface area contributed by atoms with Crippen LogP contribution in [0.1, 0.15) is 0 Å². The molecule has 0 aliphatic carbocycles. The highest BCUT2D eigenvalue weighted by Gasteiger charge is 2.41. The van der Waals surface area contributed by atoms with Crippen LogP contribution in [0.2, 0.25) is 0 Å². The number of primary amides is 1. The molecule has 0 aromatic heterocycles. The number of amides is 1. The summed E-state index contributed by atoms with van der Waals surface area (Å²) in [6.45, 7) is 0.107. The molecular weight excluding hydrogens is 265 g/mol. The van der Waals surface area contributed by atoms with Gasteiger partial charge in [-0.2, -0.15) is 0 Å². The zero-order chi connectivity index (χ0) is 8.43. The number of carbonyl (C=O) groups excluding carboxylic acids is 2. The fourth-order valence-electron chi connectivity index (χ4n) is 0.879. The lowest BCUT2D eigenvalue weighted by molar-refractivity contribution is -0.144. The van der Waals surface area contributed by atoms with Gasteiger partial charge in [-0.15, -0.1) is 0 Å². The number of carbonyl (C=O) groups is 2. The number of ether oxygens (including phenoxy) is 1. The van der Waals surface area contributed by atoms with Crippen LogP contribution in [0.5, 0.6) is 0 Å². The first-order valence-electron chi connectivity index (χ1n) is 2.90. The third-order valence-corrected chi connectivity index (χ3v) is 2.09. The molecule has 5 nitrogen and oxygen atoms in total. The fourth-order valence-corrected chi connectivity index (χ4v) is 1.32. The molecule has 2 unspecified atom stereocenters. The molecule has 0 radical (unpaired) electrons. The Hall–Kier alpha value is -0.370. The van der Waals surface area contributed by atoms with Crippen molar-refractivity contribution in [3.05, 3.63) is 0 Å². The minimum absolute atomic E-state index is 0.107. The molecule has 1 rings (SSSR count). The monoisotopic (exact) mass is 271 g/mol. The van der Waals surface area contributed by atoms with Gasteiger partial charge >= 0.3 is 5.97 Å². The van der Waals surface area contributed by atoms with Gasteiger partial charge in [-0.1, -0.05) is 0 Å². The van der Waals surface area contributed by atoms with Crippen molar-refractivity contribution in [2.75, 3.05) is 6.61 Å². The van der Waals surface area contributed by atoms with Gasteiger partial charge in [-0.25, -0.2) is 0 Å². The molecular formula is C5H6INO4. The second-order valence-electron chi connectivity index (χ2n) is 2.14. The van der Waals surface area contributed by atoms with Crippen molar-refractivity contribution < 1.29 is 17.4 Å². The summed E-state index contributed by atoms with van der Waals surface area (Å²) in [5, 5.41) is 0. The summed E-state index contributed by atoms with van der Waals surface area (Å²) >= 11 is 1.61. The van der Waals surface area contributed by atoms with Crippen molar-refractivity contribution in [1.29, 1.82) is 0 Å². The maximum Gasteiger partial charge on any atom is 0.321 e. The van der Waals surface area contributed by atoms with Crippen molar-refractivity contribution in [3.63, 3.8) is 0 Å². The first-order valence-corrected chi connectivity index (χ1v) is 3.78. The largest absolute Gasteiger partial charge is 0.462 e. The van der Waals surface area contributed by atoms with Crippen LogP contribution < -0.4 is 5.73 Å². The van der Waals surface area contributed by atoms with Gasteiger partial charge in [0, 0.05) is 0 Å². The lowest BCUT2D eigenvalue weighted by atomic mass is 10.1. The van der Waals surface area contributed by atoms with Crippen LogP contribution in [0.25, 0.3) is 0 Å². The van der Waals surface area contributed by atoms with E-state index in [9.17, 15) is 9.59 Å². The van der Waals surface area contributed by atoms with Gasteiger partial charge in [0.05, 0.1) is 0 Å². The van der Waals surface area contributed by atoms with E-state index in [1.54, 1.807) is 23.0 Å². The summed E-state index contributed by atoms with van der Waals surface area (Å²) in [6.07, 6.45) is -0.527. The molecule has 1 amide bonds. The Morgan fingerprint density at radius 3 is 2.82 bits per heavy atom. The van der Waals surface area contributed by atoms with E-state index in [2.05, 4.69) is 4.74 Å². The average molecular weight is 271 g/mol. The Labute approximate surface area is 76.9 Å². The van der Waals surface area contributed by atoms with Gasteiger partial charge in [-0.05, 0) is 0 Å². The molecule has 6 heteroatoms. The molecule has 0 aromatic carbocycles. The summed E-state index contributed by atoms with van der Waals surface area (Å²) in [5.41, 5.74) is 4.93. The Kier molecular flexibility index (Phi) is 2.66. The van der Waals surface area contributed by atoms with E-state index in [0.29, 0.717) is 0 Å². The molecule has 2 N–H and O–H groups in total. The lowest BCUT2D eigenvalue weighted by Gasteiger charge is -2.06. The number of rotatable bonds is 2. The highest BCUT2D eigenvalue weighted by atomic mass is 127. The molecule has 1 heterocycles. The zero-order valence-electron chi connectivity index (χ0n) is 5.45. The summed E-state index contributed by atoms with van der Waals surface area (Å²) in [4.78, 5) is 21.4. The number of hydrogen-bond donors (Lipinski definition) is 1. The van der Waals surface area contributed by atoms with Gasteiger partial charge in [-0.3, -0.25) is 9.59 Å². The maximum atomic E-state index is 10.8. The first-order chi connectivity index (χ1) is 5.16. The number of halogens is 1. The van der Waals surface area contributed by atoms with E-state index >= 15 is 0 Å². The SMILES string of the molecule is NC(=O)C1C(=O)OCC1OI.